The minimum Gasteiger partial charge on any atom is -0.326 e. The van der Waals surface area contributed by atoms with Gasteiger partial charge in [-0.3, -0.25) is 4.79 Å². The van der Waals surface area contributed by atoms with Gasteiger partial charge in [0.05, 0.1) is 0 Å². The maximum Gasteiger partial charge on any atom is 0.225 e. The summed E-state index contributed by atoms with van der Waals surface area (Å²) >= 11 is 0. The van der Waals surface area contributed by atoms with Gasteiger partial charge in [-0.25, -0.2) is 0 Å². The molecular formula is C16H26N2O. The summed E-state index contributed by atoms with van der Waals surface area (Å²) in [6.07, 6.45) is 2.93. The number of carbonyl (C=O) groups is 1. The molecule has 1 N–H and O–H groups in total. The van der Waals surface area contributed by atoms with Crippen LogP contribution >= 0.6 is 0 Å². The summed E-state index contributed by atoms with van der Waals surface area (Å²) in [6.45, 7) is 8.11. The van der Waals surface area contributed by atoms with Crippen molar-refractivity contribution in [1.82, 2.24) is 4.90 Å². The molecule has 3 heteroatoms. The van der Waals surface area contributed by atoms with E-state index in [1.54, 1.807) is 0 Å². The minimum absolute atomic E-state index is 0.0945. The Hall–Kier alpha value is -1.35. The van der Waals surface area contributed by atoms with E-state index in [9.17, 15) is 4.79 Å². The predicted octanol–water partition coefficient (Wildman–Crippen LogP) is 3.36. The van der Waals surface area contributed by atoms with Crippen molar-refractivity contribution in [2.75, 3.05) is 25.5 Å². The third-order valence-electron chi connectivity index (χ3n) is 3.28. The van der Waals surface area contributed by atoms with Crippen molar-refractivity contribution in [1.29, 1.82) is 0 Å². The summed E-state index contributed by atoms with van der Waals surface area (Å²) in [7, 11) is 2.07. The zero-order chi connectivity index (χ0) is 14.3. The first-order valence-electron chi connectivity index (χ1n) is 7.08. The van der Waals surface area contributed by atoms with Crippen LogP contribution in [0.3, 0.4) is 0 Å². The third kappa shape index (κ3) is 5.88. The molecule has 1 amide bonds. The number of benzene rings is 1. The first-order chi connectivity index (χ1) is 9.02. The minimum atomic E-state index is 0.0945. The fourth-order valence-electron chi connectivity index (χ4n) is 1.92. The highest BCUT2D eigenvalue weighted by Crippen LogP contribution is 2.16. The Morgan fingerprint density at radius 1 is 1.26 bits per heavy atom. The molecule has 1 aromatic rings. The van der Waals surface area contributed by atoms with E-state index < -0.39 is 0 Å². The molecule has 0 atom stereocenters. The molecule has 1 rings (SSSR count). The van der Waals surface area contributed by atoms with Crippen LogP contribution in [0.2, 0.25) is 0 Å². The SMILES string of the molecule is CCCCN(C)CCC(=O)Nc1cc(C)ccc1C. The lowest BCUT2D eigenvalue weighted by Gasteiger charge is -2.16. The van der Waals surface area contributed by atoms with E-state index in [1.807, 2.05) is 26.0 Å². The van der Waals surface area contributed by atoms with E-state index >= 15 is 0 Å². The molecule has 0 fully saturated rings. The zero-order valence-electron chi connectivity index (χ0n) is 12.6. The molecule has 0 unspecified atom stereocenters. The topological polar surface area (TPSA) is 32.3 Å². The van der Waals surface area contributed by atoms with Crippen molar-refractivity contribution in [3.8, 4) is 0 Å². The van der Waals surface area contributed by atoms with Gasteiger partial charge >= 0.3 is 0 Å². The fourth-order valence-corrected chi connectivity index (χ4v) is 1.92. The Bertz CT molecular complexity index is 415. The normalized spacial score (nSPS) is 10.8. The lowest BCUT2D eigenvalue weighted by molar-refractivity contribution is -0.116. The van der Waals surface area contributed by atoms with Gasteiger partial charge in [0.2, 0.25) is 5.91 Å². The molecule has 0 aliphatic heterocycles. The van der Waals surface area contributed by atoms with E-state index in [-0.39, 0.29) is 5.91 Å². The Labute approximate surface area is 117 Å². The third-order valence-corrected chi connectivity index (χ3v) is 3.28. The highest BCUT2D eigenvalue weighted by molar-refractivity contribution is 5.91. The molecule has 0 aliphatic carbocycles. The van der Waals surface area contributed by atoms with Crippen LogP contribution in [0.1, 0.15) is 37.3 Å². The average molecular weight is 262 g/mol. The van der Waals surface area contributed by atoms with E-state index in [0.29, 0.717) is 6.42 Å². The molecular weight excluding hydrogens is 236 g/mol. The second kappa shape index (κ2) is 7.95. The van der Waals surface area contributed by atoms with Crippen LogP contribution in [0, 0.1) is 13.8 Å². The average Bonchev–Trinajstić information content (AvgIpc) is 2.38. The van der Waals surface area contributed by atoms with Gasteiger partial charge < -0.3 is 10.2 Å². The van der Waals surface area contributed by atoms with Crippen LogP contribution in [0.25, 0.3) is 0 Å². The number of anilines is 1. The summed E-state index contributed by atoms with van der Waals surface area (Å²) in [5, 5.41) is 3.00. The number of hydrogen-bond donors (Lipinski definition) is 1. The van der Waals surface area contributed by atoms with Crippen LogP contribution in [0.5, 0.6) is 0 Å². The Kier molecular flexibility index (Phi) is 6.57. The first-order valence-corrected chi connectivity index (χ1v) is 7.08. The van der Waals surface area contributed by atoms with Crippen LogP contribution < -0.4 is 5.32 Å². The molecule has 0 spiro atoms. The number of amides is 1. The van der Waals surface area contributed by atoms with Gasteiger partial charge in [-0.15, -0.1) is 0 Å². The number of rotatable bonds is 7. The quantitative estimate of drug-likeness (QED) is 0.817. The van der Waals surface area contributed by atoms with Gasteiger partial charge in [0.15, 0.2) is 0 Å². The molecule has 1 aromatic carbocycles. The molecule has 19 heavy (non-hydrogen) atoms. The molecule has 106 valence electrons. The van der Waals surface area contributed by atoms with Crippen molar-refractivity contribution < 1.29 is 4.79 Å². The fraction of sp³-hybridized carbons (Fsp3) is 0.562. The monoisotopic (exact) mass is 262 g/mol. The van der Waals surface area contributed by atoms with Gasteiger partial charge in [0, 0.05) is 18.7 Å². The highest BCUT2D eigenvalue weighted by atomic mass is 16.1. The van der Waals surface area contributed by atoms with E-state index in [4.69, 9.17) is 0 Å². The maximum atomic E-state index is 11.9. The second-order valence-corrected chi connectivity index (χ2v) is 5.27. The summed E-state index contributed by atoms with van der Waals surface area (Å²) in [6, 6.07) is 6.12. The molecule has 0 aromatic heterocycles. The van der Waals surface area contributed by atoms with Gasteiger partial charge in [0.25, 0.3) is 0 Å². The van der Waals surface area contributed by atoms with Crippen molar-refractivity contribution in [2.45, 2.75) is 40.0 Å². The van der Waals surface area contributed by atoms with Gasteiger partial charge in [-0.2, -0.15) is 0 Å². The van der Waals surface area contributed by atoms with Gasteiger partial charge in [-0.05, 0) is 51.1 Å². The van der Waals surface area contributed by atoms with Crippen LogP contribution in [-0.4, -0.2) is 30.9 Å². The molecule has 3 nitrogen and oxygen atoms in total. The Balaban J connectivity index is 2.40. The number of carbonyl (C=O) groups excluding carboxylic acids is 1. The lowest BCUT2D eigenvalue weighted by Crippen LogP contribution is -2.25. The predicted molar refractivity (Wildman–Crippen MR) is 81.6 cm³/mol. The molecule has 0 heterocycles. The first kappa shape index (κ1) is 15.7. The summed E-state index contributed by atoms with van der Waals surface area (Å²) < 4.78 is 0. The molecule has 0 radical (unpaired) electrons. The number of unbranched alkanes of at least 4 members (excludes halogenated alkanes) is 1. The van der Waals surface area contributed by atoms with Crippen LogP contribution in [0.4, 0.5) is 5.69 Å². The molecule has 0 saturated carbocycles. The van der Waals surface area contributed by atoms with E-state index in [0.717, 1.165) is 24.3 Å². The van der Waals surface area contributed by atoms with Crippen molar-refractivity contribution in [3.05, 3.63) is 29.3 Å². The van der Waals surface area contributed by atoms with Crippen molar-refractivity contribution >= 4 is 11.6 Å². The summed E-state index contributed by atoms with van der Waals surface area (Å²) in [5.74, 6) is 0.0945. The smallest absolute Gasteiger partial charge is 0.225 e. The van der Waals surface area contributed by atoms with Crippen LogP contribution in [-0.2, 0) is 4.79 Å². The zero-order valence-corrected chi connectivity index (χ0v) is 12.6. The number of aryl methyl sites for hydroxylation is 2. The largest absolute Gasteiger partial charge is 0.326 e. The number of nitrogens with one attached hydrogen (secondary N) is 1. The van der Waals surface area contributed by atoms with Gasteiger partial charge in [-0.1, -0.05) is 25.5 Å². The molecule has 0 aliphatic rings. The number of hydrogen-bond acceptors (Lipinski definition) is 2. The second-order valence-electron chi connectivity index (χ2n) is 5.27. The van der Waals surface area contributed by atoms with E-state index in [2.05, 4.69) is 30.3 Å². The lowest BCUT2D eigenvalue weighted by atomic mass is 10.1. The van der Waals surface area contributed by atoms with Gasteiger partial charge in [0.1, 0.15) is 0 Å². The molecule has 0 bridgehead atoms. The van der Waals surface area contributed by atoms with E-state index in [1.165, 1.54) is 18.4 Å². The number of nitrogens with zero attached hydrogens (tertiary/aromatic N) is 1. The molecule has 0 saturated heterocycles. The highest BCUT2D eigenvalue weighted by Gasteiger charge is 2.06. The maximum absolute atomic E-state index is 11.9. The van der Waals surface area contributed by atoms with Crippen molar-refractivity contribution in [2.24, 2.45) is 0 Å². The van der Waals surface area contributed by atoms with Crippen LogP contribution in [0.15, 0.2) is 18.2 Å². The summed E-state index contributed by atoms with van der Waals surface area (Å²) in [4.78, 5) is 14.1. The Morgan fingerprint density at radius 2 is 2.00 bits per heavy atom. The Morgan fingerprint density at radius 3 is 2.68 bits per heavy atom. The summed E-state index contributed by atoms with van der Waals surface area (Å²) in [5.41, 5.74) is 3.21. The standard InChI is InChI=1S/C16H26N2O/c1-5-6-10-18(4)11-9-16(19)17-15-12-13(2)7-8-14(15)3/h7-8,12H,5-6,9-11H2,1-4H3,(H,17,19). The van der Waals surface area contributed by atoms with Crippen molar-refractivity contribution in [3.63, 3.8) is 0 Å².